The van der Waals surface area contributed by atoms with Crippen LogP contribution in [0.3, 0.4) is 0 Å². The summed E-state index contributed by atoms with van der Waals surface area (Å²) in [7, 11) is 0. The topological polar surface area (TPSA) is 20.2 Å². The first kappa shape index (κ1) is 22.6. The quantitative estimate of drug-likeness (QED) is 0.617. The maximum atomic E-state index is 13.7. The van der Waals surface area contributed by atoms with Crippen molar-refractivity contribution in [2.24, 2.45) is 0 Å². The zero-order valence-electron chi connectivity index (χ0n) is 13.9. The van der Waals surface area contributed by atoms with Crippen LogP contribution in [0, 0.1) is 0 Å². The lowest BCUT2D eigenvalue weighted by atomic mass is 9.81. The molecule has 0 fully saturated rings. The second-order valence-electron chi connectivity index (χ2n) is 6.91. The molecule has 0 saturated heterocycles. The van der Waals surface area contributed by atoms with E-state index in [1.807, 2.05) is 0 Å². The number of aliphatic hydroxyl groups excluding tert-OH is 1. The number of hydrogen-bond donors (Lipinski definition) is 1. The minimum atomic E-state index is -6.97. The minimum absolute atomic E-state index is 0.259. The second kappa shape index (κ2) is 6.61. The molecule has 1 atom stereocenters. The highest BCUT2D eigenvalue weighted by molar-refractivity contribution is 5.34. The van der Waals surface area contributed by atoms with Gasteiger partial charge in [0, 0.05) is 6.42 Å². The van der Waals surface area contributed by atoms with Gasteiger partial charge >= 0.3 is 23.9 Å². The van der Waals surface area contributed by atoms with Crippen LogP contribution in [0.5, 0.6) is 0 Å². The molecule has 10 heteroatoms. The summed E-state index contributed by atoms with van der Waals surface area (Å²) in [5.74, 6) is -19.5. The van der Waals surface area contributed by atoms with Gasteiger partial charge in [-0.15, -0.1) is 0 Å². The van der Waals surface area contributed by atoms with Crippen molar-refractivity contribution in [1.82, 2.24) is 0 Å². The number of alkyl halides is 9. The first-order valence-electron chi connectivity index (χ1n) is 7.34. The molecule has 0 spiro atoms. The van der Waals surface area contributed by atoms with Gasteiger partial charge in [-0.2, -0.15) is 39.5 Å². The molecule has 26 heavy (non-hydrogen) atoms. The average Bonchev–Trinajstić information content (AvgIpc) is 2.44. The largest absolute Gasteiger partial charge is 0.460 e. The van der Waals surface area contributed by atoms with E-state index in [0.717, 1.165) is 6.07 Å². The molecule has 1 aromatic rings. The van der Waals surface area contributed by atoms with Gasteiger partial charge in [-0.3, -0.25) is 0 Å². The summed E-state index contributed by atoms with van der Waals surface area (Å²) in [5, 5.41) is 9.89. The predicted molar refractivity (Wildman–Crippen MR) is 75.6 cm³/mol. The Labute approximate surface area is 143 Å². The number of hydrogen-bond acceptors (Lipinski definition) is 1. The van der Waals surface area contributed by atoms with Crippen LogP contribution in [0.4, 0.5) is 39.5 Å². The van der Waals surface area contributed by atoms with Crippen molar-refractivity contribution in [1.29, 1.82) is 0 Å². The highest BCUT2D eigenvalue weighted by Crippen LogP contribution is 2.55. The molecule has 150 valence electrons. The van der Waals surface area contributed by atoms with Crippen molar-refractivity contribution in [3.63, 3.8) is 0 Å². The summed E-state index contributed by atoms with van der Waals surface area (Å²) < 4.78 is 116. The molecule has 0 amide bonds. The third kappa shape index (κ3) is 3.94. The van der Waals surface area contributed by atoms with E-state index in [9.17, 15) is 44.6 Å². The fourth-order valence-electron chi connectivity index (χ4n) is 2.36. The first-order chi connectivity index (χ1) is 11.4. The molecule has 0 aliphatic rings. The summed E-state index contributed by atoms with van der Waals surface area (Å²) in [4.78, 5) is 0. The van der Waals surface area contributed by atoms with E-state index in [-0.39, 0.29) is 11.1 Å². The second-order valence-corrected chi connectivity index (χ2v) is 6.91. The Bertz CT molecular complexity index is 629. The number of benzene rings is 1. The fourth-order valence-corrected chi connectivity index (χ4v) is 2.36. The molecule has 0 saturated carbocycles. The lowest BCUT2D eigenvalue weighted by Gasteiger charge is -2.35. The van der Waals surface area contributed by atoms with Crippen molar-refractivity contribution in [2.75, 3.05) is 0 Å². The van der Waals surface area contributed by atoms with Gasteiger partial charge < -0.3 is 5.11 Å². The number of rotatable bonds is 5. The number of halogens is 9. The normalized spacial score (nSPS) is 15.9. The molecule has 1 N–H and O–H groups in total. The molecule has 1 unspecified atom stereocenters. The SMILES string of the molecule is CC(C)(C)c1ccccc1C(O)CC(F)(F)C(F)(F)C(F)(F)C(F)(F)F. The van der Waals surface area contributed by atoms with Crippen LogP contribution < -0.4 is 0 Å². The molecule has 0 aliphatic carbocycles. The van der Waals surface area contributed by atoms with Gasteiger partial charge in [0.1, 0.15) is 0 Å². The van der Waals surface area contributed by atoms with E-state index in [1.165, 1.54) is 18.2 Å². The van der Waals surface area contributed by atoms with Crippen LogP contribution in [-0.4, -0.2) is 29.1 Å². The van der Waals surface area contributed by atoms with Crippen LogP contribution in [0.25, 0.3) is 0 Å². The Kier molecular flexibility index (Phi) is 5.75. The molecular formula is C16H17F9O. The van der Waals surface area contributed by atoms with Crippen molar-refractivity contribution >= 4 is 0 Å². The summed E-state index contributed by atoms with van der Waals surface area (Å²) in [6.45, 7) is 4.84. The van der Waals surface area contributed by atoms with E-state index >= 15 is 0 Å². The summed E-state index contributed by atoms with van der Waals surface area (Å²) in [6.07, 6.45) is -11.6. The zero-order valence-corrected chi connectivity index (χ0v) is 13.9. The Morgan fingerprint density at radius 2 is 1.27 bits per heavy atom. The third-order valence-corrected chi connectivity index (χ3v) is 3.79. The molecule has 0 heterocycles. The van der Waals surface area contributed by atoms with Gasteiger partial charge in [-0.1, -0.05) is 45.0 Å². The van der Waals surface area contributed by atoms with Gasteiger partial charge in [-0.05, 0) is 16.5 Å². The summed E-state index contributed by atoms with van der Waals surface area (Å²) in [6, 6.07) is 5.27. The highest BCUT2D eigenvalue weighted by Gasteiger charge is 2.81. The van der Waals surface area contributed by atoms with Crippen LogP contribution in [0.15, 0.2) is 24.3 Å². The molecule has 1 aromatic carbocycles. The molecule has 0 aliphatic heterocycles. The molecular weight excluding hydrogens is 379 g/mol. The Balaban J connectivity index is 3.26. The Hall–Kier alpha value is -1.45. The third-order valence-electron chi connectivity index (χ3n) is 3.79. The lowest BCUT2D eigenvalue weighted by Crippen LogP contribution is -2.61. The monoisotopic (exact) mass is 396 g/mol. The van der Waals surface area contributed by atoms with Crippen molar-refractivity contribution in [3.05, 3.63) is 35.4 Å². The Morgan fingerprint density at radius 3 is 1.69 bits per heavy atom. The standard InChI is InChI=1S/C16H17F9O/c1-12(2,3)10-7-5-4-6-9(10)11(26)8-13(17,18)14(19,20)15(21,22)16(23,24)25/h4-7,11,26H,8H2,1-3H3. The maximum Gasteiger partial charge on any atom is 0.460 e. The van der Waals surface area contributed by atoms with E-state index < -0.39 is 41.9 Å². The van der Waals surface area contributed by atoms with E-state index in [2.05, 4.69) is 0 Å². The van der Waals surface area contributed by atoms with E-state index in [4.69, 9.17) is 0 Å². The van der Waals surface area contributed by atoms with Crippen LogP contribution in [-0.2, 0) is 5.41 Å². The van der Waals surface area contributed by atoms with Crippen LogP contribution >= 0.6 is 0 Å². The molecule has 0 radical (unpaired) electrons. The van der Waals surface area contributed by atoms with Crippen molar-refractivity contribution in [3.8, 4) is 0 Å². The highest BCUT2D eigenvalue weighted by atomic mass is 19.4. The molecule has 1 nitrogen and oxygen atoms in total. The predicted octanol–water partition coefficient (Wildman–Crippen LogP) is 5.88. The van der Waals surface area contributed by atoms with Crippen molar-refractivity contribution in [2.45, 2.75) is 62.7 Å². The van der Waals surface area contributed by atoms with Crippen LogP contribution in [0.2, 0.25) is 0 Å². The minimum Gasteiger partial charge on any atom is -0.388 e. The average molecular weight is 396 g/mol. The van der Waals surface area contributed by atoms with Gasteiger partial charge in [0.05, 0.1) is 6.10 Å². The smallest absolute Gasteiger partial charge is 0.388 e. The van der Waals surface area contributed by atoms with Gasteiger partial charge in [0.25, 0.3) is 0 Å². The van der Waals surface area contributed by atoms with Gasteiger partial charge in [-0.25, -0.2) is 0 Å². The lowest BCUT2D eigenvalue weighted by molar-refractivity contribution is -0.398. The van der Waals surface area contributed by atoms with Crippen molar-refractivity contribution < 1.29 is 44.6 Å². The molecule has 1 rings (SSSR count). The number of aliphatic hydroxyl groups is 1. The first-order valence-corrected chi connectivity index (χ1v) is 7.34. The summed E-state index contributed by atoms with van der Waals surface area (Å²) in [5.41, 5.74) is -0.731. The van der Waals surface area contributed by atoms with Crippen LogP contribution in [0.1, 0.15) is 44.4 Å². The molecule has 0 aromatic heterocycles. The van der Waals surface area contributed by atoms with Gasteiger partial charge in [0.15, 0.2) is 0 Å². The van der Waals surface area contributed by atoms with E-state index in [0.29, 0.717) is 0 Å². The zero-order chi connectivity index (χ0) is 20.8. The maximum absolute atomic E-state index is 13.7. The van der Waals surface area contributed by atoms with Gasteiger partial charge in [0.2, 0.25) is 0 Å². The summed E-state index contributed by atoms with van der Waals surface area (Å²) >= 11 is 0. The Morgan fingerprint density at radius 1 is 0.808 bits per heavy atom. The molecule has 0 bridgehead atoms. The fraction of sp³-hybridized carbons (Fsp3) is 0.625. The van der Waals surface area contributed by atoms with E-state index in [1.54, 1.807) is 20.8 Å².